The van der Waals surface area contributed by atoms with Gasteiger partial charge in [-0.3, -0.25) is 9.59 Å². The van der Waals surface area contributed by atoms with E-state index in [9.17, 15) is 9.59 Å². The number of aryl methyl sites for hydroxylation is 2. The summed E-state index contributed by atoms with van der Waals surface area (Å²) in [6, 6.07) is 7.60. The number of amides is 1. The van der Waals surface area contributed by atoms with Gasteiger partial charge in [0, 0.05) is 11.3 Å². The maximum absolute atomic E-state index is 12.5. The third kappa shape index (κ3) is 3.55. The molecule has 5 heteroatoms. The Morgan fingerprint density at radius 1 is 1.27 bits per heavy atom. The predicted octanol–water partition coefficient (Wildman–Crippen LogP) is 3.42. The number of carbonyl (C=O) groups is 2. The largest absolute Gasteiger partial charge is 0.481 e. The van der Waals surface area contributed by atoms with Crippen LogP contribution in [0.4, 0.5) is 5.69 Å². The average Bonchev–Trinajstić information content (AvgIpc) is 2.81. The Bertz CT molecular complexity index is 688. The van der Waals surface area contributed by atoms with E-state index in [0.29, 0.717) is 11.1 Å². The standard InChI is InChI=1S/C17H19NO4/c1-3-6-12-7-4-5-8-13(12)18-17(21)16-11(2)10-22-14(16)9-15(19)20/h4-5,7-8,10H,3,6,9H2,1-2H3,(H,18,21)(H,19,20). The summed E-state index contributed by atoms with van der Waals surface area (Å²) in [5.74, 6) is -1.20. The molecule has 1 amide bonds. The zero-order chi connectivity index (χ0) is 16.1. The van der Waals surface area contributed by atoms with Gasteiger partial charge in [0.25, 0.3) is 5.91 Å². The SMILES string of the molecule is CCCc1ccccc1NC(=O)c1c(C)coc1CC(=O)O. The molecule has 0 spiro atoms. The zero-order valence-corrected chi connectivity index (χ0v) is 12.7. The fourth-order valence-electron chi connectivity index (χ4n) is 2.38. The maximum atomic E-state index is 12.5. The van der Waals surface area contributed by atoms with Crippen LogP contribution >= 0.6 is 0 Å². The summed E-state index contributed by atoms with van der Waals surface area (Å²) in [7, 11) is 0. The van der Waals surface area contributed by atoms with Gasteiger partial charge in [-0.1, -0.05) is 31.5 Å². The van der Waals surface area contributed by atoms with Crippen LogP contribution < -0.4 is 5.32 Å². The lowest BCUT2D eigenvalue weighted by Crippen LogP contribution is -2.16. The molecule has 0 unspecified atom stereocenters. The quantitative estimate of drug-likeness (QED) is 0.856. The summed E-state index contributed by atoms with van der Waals surface area (Å²) in [4.78, 5) is 23.3. The number of carboxylic acid groups (broad SMARTS) is 1. The highest BCUT2D eigenvalue weighted by Gasteiger charge is 2.21. The molecule has 0 aliphatic rings. The van der Waals surface area contributed by atoms with Crippen molar-refractivity contribution in [1.29, 1.82) is 0 Å². The molecule has 116 valence electrons. The second-order valence-corrected chi connectivity index (χ2v) is 5.15. The van der Waals surface area contributed by atoms with E-state index in [4.69, 9.17) is 9.52 Å². The Kier molecular flexibility index (Phi) is 4.99. The van der Waals surface area contributed by atoms with Gasteiger partial charge < -0.3 is 14.8 Å². The van der Waals surface area contributed by atoms with Crippen molar-refractivity contribution in [3.05, 3.63) is 53.0 Å². The van der Waals surface area contributed by atoms with Crippen LogP contribution in [0.15, 0.2) is 34.9 Å². The molecule has 1 heterocycles. The summed E-state index contributed by atoms with van der Waals surface area (Å²) < 4.78 is 5.20. The number of rotatable bonds is 6. The molecule has 0 fully saturated rings. The summed E-state index contributed by atoms with van der Waals surface area (Å²) in [5.41, 5.74) is 2.73. The Labute approximate surface area is 129 Å². The number of aliphatic carboxylic acids is 1. The van der Waals surface area contributed by atoms with E-state index in [1.54, 1.807) is 6.92 Å². The van der Waals surface area contributed by atoms with Gasteiger partial charge in [0.15, 0.2) is 0 Å². The van der Waals surface area contributed by atoms with Crippen LogP contribution in [0.3, 0.4) is 0 Å². The van der Waals surface area contributed by atoms with Crippen LogP contribution in [0.5, 0.6) is 0 Å². The van der Waals surface area contributed by atoms with Crippen LogP contribution in [0.1, 0.15) is 40.6 Å². The Balaban J connectivity index is 2.26. The van der Waals surface area contributed by atoms with Gasteiger partial charge in [-0.05, 0) is 25.0 Å². The van der Waals surface area contributed by atoms with E-state index < -0.39 is 5.97 Å². The van der Waals surface area contributed by atoms with Crippen molar-refractivity contribution < 1.29 is 19.1 Å². The van der Waals surface area contributed by atoms with Crippen LogP contribution in [0.2, 0.25) is 0 Å². The highest BCUT2D eigenvalue weighted by atomic mass is 16.4. The highest BCUT2D eigenvalue weighted by molar-refractivity contribution is 6.06. The summed E-state index contributed by atoms with van der Waals surface area (Å²) >= 11 is 0. The van der Waals surface area contributed by atoms with Gasteiger partial charge in [-0.15, -0.1) is 0 Å². The smallest absolute Gasteiger partial charge is 0.311 e. The third-order valence-electron chi connectivity index (χ3n) is 3.37. The number of carbonyl (C=O) groups excluding carboxylic acids is 1. The molecule has 0 aliphatic heterocycles. The molecule has 1 aromatic carbocycles. The second kappa shape index (κ2) is 6.93. The topological polar surface area (TPSA) is 79.5 Å². The zero-order valence-electron chi connectivity index (χ0n) is 12.7. The van der Waals surface area contributed by atoms with E-state index in [1.165, 1.54) is 6.26 Å². The average molecular weight is 301 g/mol. The molecule has 0 saturated heterocycles. The van der Waals surface area contributed by atoms with Crippen molar-refractivity contribution in [2.24, 2.45) is 0 Å². The van der Waals surface area contributed by atoms with Crippen molar-refractivity contribution in [2.45, 2.75) is 33.1 Å². The molecule has 5 nitrogen and oxygen atoms in total. The predicted molar refractivity (Wildman–Crippen MR) is 83.2 cm³/mol. The van der Waals surface area contributed by atoms with E-state index in [-0.39, 0.29) is 18.1 Å². The Morgan fingerprint density at radius 2 is 2.00 bits per heavy atom. The number of furan rings is 1. The van der Waals surface area contributed by atoms with Crippen molar-refractivity contribution in [1.82, 2.24) is 0 Å². The molecule has 2 rings (SSSR count). The Hall–Kier alpha value is -2.56. The van der Waals surface area contributed by atoms with Gasteiger partial charge in [0.1, 0.15) is 12.2 Å². The van der Waals surface area contributed by atoms with E-state index >= 15 is 0 Å². The van der Waals surface area contributed by atoms with E-state index in [2.05, 4.69) is 12.2 Å². The number of hydrogen-bond acceptors (Lipinski definition) is 3. The van der Waals surface area contributed by atoms with E-state index in [1.807, 2.05) is 24.3 Å². The number of nitrogens with one attached hydrogen (secondary N) is 1. The summed E-state index contributed by atoms with van der Waals surface area (Å²) in [6.45, 7) is 3.80. The monoisotopic (exact) mass is 301 g/mol. The van der Waals surface area contributed by atoms with Gasteiger partial charge in [0.2, 0.25) is 0 Å². The first kappa shape index (κ1) is 15.8. The molecule has 0 radical (unpaired) electrons. The molecule has 1 aromatic heterocycles. The van der Waals surface area contributed by atoms with Crippen molar-refractivity contribution >= 4 is 17.6 Å². The van der Waals surface area contributed by atoms with Crippen LogP contribution in [-0.2, 0) is 17.6 Å². The molecule has 22 heavy (non-hydrogen) atoms. The molecule has 0 bridgehead atoms. The molecule has 2 aromatic rings. The first-order valence-electron chi connectivity index (χ1n) is 7.21. The highest BCUT2D eigenvalue weighted by Crippen LogP contribution is 2.22. The van der Waals surface area contributed by atoms with Gasteiger partial charge in [-0.25, -0.2) is 0 Å². The van der Waals surface area contributed by atoms with Gasteiger partial charge >= 0.3 is 5.97 Å². The van der Waals surface area contributed by atoms with Crippen LogP contribution in [-0.4, -0.2) is 17.0 Å². The Morgan fingerprint density at radius 3 is 2.68 bits per heavy atom. The molecule has 0 saturated carbocycles. The summed E-state index contributed by atoms with van der Waals surface area (Å²) in [5, 5.41) is 11.8. The van der Waals surface area contributed by atoms with Crippen molar-refractivity contribution in [3.63, 3.8) is 0 Å². The fraction of sp³-hybridized carbons (Fsp3) is 0.294. The lowest BCUT2D eigenvalue weighted by atomic mass is 10.1. The van der Waals surface area contributed by atoms with Crippen LogP contribution in [0.25, 0.3) is 0 Å². The van der Waals surface area contributed by atoms with Crippen molar-refractivity contribution in [2.75, 3.05) is 5.32 Å². The number of para-hydroxylation sites is 1. The van der Waals surface area contributed by atoms with Crippen molar-refractivity contribution in [3.8, 4) is 0 Å². The van der Waals surface area contributed by atoms with Crippen LogP contribution in [0, 0.1) is 6.92 Å². The second-order valence-electron chi connectivity index (χ2n) is 5.15. The molecule has 0 aliphatic carbocycles. The minimum absolute atomic E-state index is 0.176. The normalized spacial score (nSPS) is 10.5. The molecular weight excluding hydrogens is 282 g/mol. The van der Waals surface area contributed by atoms with Gasteiger partial charge in [0.05, 0.1) is 11.8 Å². The van der Waals surface area contributed by atoms with E-state index in [0.717, 1.165) is 24.1 Å². The number of hydrogen-bond donors (Lipinski definition) is 2. The lowest BCUT2D eigenvalue weighted by molar-refractivity contribution is -0.136. The maximum Gasteiger partial charge on any atom is 0.311 e. The first-order valence-corrected chi connectivity index (χ1v) is 7.21. The third-order valence-corrected chi connectivity index (χ3v) is 3.37. The molecule has 0 atom stereocenters. The fourth-order valence-corrected chi connectivity index (χ4v) is 2.38. The number of benzene rings is 1. The number of carboxylic acids is 1. The molecular formula is C17H19NO4. The minimum atomic E-state index is -1.03. The summed E-state index contributed by atoms with van der Waals surface area (Å²) in [6.07, 6.45) is 2.93. The number of anilines is 1. The first-order chi connectivity index (χ1) is 10.5. The lowest BCUT2D eigenvalue weighted by Gasteiger charge is -2.10. The molecule has 2 N–H and O–H groups in total. The minimum Gasteiger partial charge on any atom is -0.481 e. The van der Waals surface area contributed by atoms with Gasteiger partial charge in [-0.2, -0.15) is 0 Å².